The lowest BCUT2D eigenvalue weighted by Crippen LogP contribution is -1.99. The third kappa shape index (κ3) is 2.71. The molecule has 72 valence electrons. The molecule has 4 nitrogen and oxygen atoms in total. The van der Waals surface area contributed by atoms with Gasteiger partial charge in [-0.3, -0.25) is 4.55 Å². The van der Waals surface area contributed by atoms with Crippen LogP contribution in [0.5, 0.6) is 5.75 Å². The summed E-state index contributed by atoms with van der Waals surface area (Å²) in [4.78, 5) is -0.154. The van der Waals surface area contributed by atoms with Crippen molar-refractivity contribution in [2.24, 2.45) is 0 Å². The normalized spacial score (nSPS) is 11.2. The Morgan fingerprint density at radius 1 is 1.46 bits per heavy atom. The van der Waals surface area contributed by atoms with Crippen molar-refractivity contribution >= 4 is 10.1 Å². The minimum Gasteiger partial charge on any atom is -0.494 e. The van der Waals surface area contributed by atoms with E-state index in [0.29, 0.717) is 12.4 Å². The number of hydrogen-bond acceptors (Lipinski definition) is 3. The molecule has 0 bridgehead atoms. The predicted molar refractivity (Wildman–Crippen MR) is 47.4 cm³/mol. The van der Waals surface area contributed by atoms with Crippen molar-refractivity contribution < 1.29 is 17.7 Å². The lowest BCUT2D eigenvalue weighted by Gasteiger charge is -2.03. The maximum Gasteiger partial charge on any atom is 0.294 e. The Morgan fingerprint density at radius 3 is 2.69 bits per heavy atom. The molecule has 0 radical (unpaired) electrons. The van der Waals surface area contributed by atoms with Crippen LogP contribution in [0.3, 0.4) is 0 Å². The molecule has 0 atom stereocenters. The summed E-state index contributed by atoms with van der Waals surface area (Å²) >= 11 is 0. The fourth-order valence-corrected chi connectivity index (χ4v) is 1.41. The van der Waals surface area contributed by atoms with Crippen molar-refractivity contribution in [2.75, 3.05) is 6.61 Å². The highest BCUT2D eigenvalue weighted by Crippen LogP contribution is 2.16. The fourth-order valence-electron chi connectivity index (χ4n) is 0.891. The van der Waals surface area contributed by atoms with Gasteiger partial charge in [0.25, 0.3) is 10.1 Å². The van der Waals surface area contributed by atoms with E-state index in [1.54, 1.807) is 13.0 Å². The average molecular weight is 202 g/mol. The zero-order valence-electron chi connectivity index (χ0n) is 7.10. The molecular formula is C8H10O4S. The van der Waals surface area contributed by atoms with Crippen LogP contribution in [0.25, 0.3) is 0 Å². The molecule has 0 unspecified atom stereocenters. The molecule has 1 N–H and O–H groups in total. The molecule has 0 aliphatic rings. The van der Waals surface area contributed by atoms with Gasteiger partial charge in [-0.05, 0) is 19.1 Å². The van der Waals surface area contributed by atoms with Crippen molar-refractivity contribution in [1.29, 1.82) is 0 Å². The second-order valence-corrected chi connectivity index (χ2v) is 3.80. The minimum absolute atomic E-state index is 0.154. The van der Waals surface area contributed by atoms with E-state index in [9.17, 15) is 8.42 Å². The van der Waals surface area contributed by atoms with E-state index in [0.717, 1.165) is 0 Å². The largest absolute Gasteiger partial charge is 0.494 e. The van der Waals surface area contributed by atoms with Crippen molar-refractivity contribution in [3.05, 3.63) is 24.3 Å². The van der Waals surface area contributed by atoms with Gasteiger partial charge in [0, 0.05) is 6.07 Å². The van der Waals surface area contributed by atoms with Crippen molar-refractivity contribution in [3.8, 4) is 5.75 Å². The second-order valence-electron chi connectivity index (χ2n) is 2.38. The predicted octanol–water partition coefficient (Wildman–Crippen LogP) is 1.33. The molecule has 1 rings (SSSR count). The van der Waals surface area contributed by atoms with Gasteiger partial charge in [0.05, 0.1) is 11.5 Å². The Bertz CT molecular complexity index is 383. The lowest BCUT2D eigenvalue weighted by molar-refractivity contribution is 0.339. The highest BCUT2D eigenvalue weighted by Gasteiger charge is 2.09. The zero-order chi connectivity index (χ0) is 9.90. The van der Waals surface area contributed by atoms with Gasteiger partial charge in [-0.2, -0.15) is 8.42 Å². The molecule has 1 aromatic rings. The van der Waals surface area contributed by atoms with Gasteiger partial charge in [-0.15, -0.1) is 0 Å². The van der Waals surface area contributed by atoms with Crippen molar-refractivity contribution in [3.63, 3.8) is 0 Å². The fraction of sp³-hybridized carbons (Fsp3) is 0.250. The van der Waals surface area contributed by atoms with Gasteiger partial charge >= 0.3 is 0 Å². The van der Waals surface area contributed by atoms with Crippen LogP contribution in [0.1, 0.15) is 6.92 Å². The summed E-state index contributed by atoms with van der Waals surface area (Å²) < 4.78 is 35.1. The molecule has 0 aliphatic heterocycles. The van der Waals surface area contributed by atoms with E-state index in [2.05, 4.69) is 0 Å². The highest BCUT2D eigenvalue weighted by molar-refractivity contribution is 7.85. The number of rotatable bonds is 3. The van der Waals surface area contributed by atoms with Crippen LogP contribution < -0.4 is 4.74 Å². The van der Waals surface area contributed by atoms with E-state index >= 15 is 0 Å². The molecule has 0 saturated heterocycles. The zero-order valence-corrected chi connectivity index (χ0v) is 7.91. The van der Waals surface area contributed by atoms with Crippen LogP contribution in [-0.2, 0) is 10.1 Å². The first kappa shape index (κ1) is 10.0. The van der Waals surface area contributed by atoms with Gasteiger partial charge < -0.3 is 4.74 Å². The highest BCUT2D eigenvalue weighted by atomic mass is 32.2. The Labute approximate surface area is 76.9 Å². The molecule has 0 aliphatic carbocycles. The van der Waals surface area contributed by atoms with E-state index in [4.69, 9.17) is 9.29 Å². The maximum absolute atomic E-state index is 10.7. The molecule has 0 saturated carbocycles. The summed E-state index contributed by atoms with van der Waals surface area (Å²) in [6, 6.07) is 5.71. The Morgan fingerprint density at radius 2 is 2.15 bits per heavy atom. The quantitative estimate of drug-likeness (QED) is 0.751. The van der Waals surface area contributed by atoms with Crippen molar-refractivity contribution in [2.45, 2.75) is 11.8 Å². The lowest BCUT2D eigenvalue weighted by atomic mass is 10.3. The summed E-state index contributed by atoms with van der Waals surface area (Å²) in [5.41, 5.74) is 0. The van der Waals surface area contributed by atoms with Gasteiger partial charge in [-0.25, -0.2) is 0 Å². The summed E-state index contributed by atoms with van der Waals surface area (Å²) in [5.74, 6) is 0.428. The maximum atomic E-state index is 10.7. The molecular weight excluding hydrogens is 192 g/mol. The molecule has 1 aromatic carbocycles. The SMILES string of the molecule is CCOc1cccc(S(=O)(=O)O)c1. The van der Waals surface area contributed by atoms with E-state index in [-0.39, 0.29) is 4.90 Å². The molecule has 0 amide bonds. The Kier molecular flexibility index (Phi) is 2.90. The Balaban J connectivity index is 3.06. The molecule has 13 heavy (non-hydrogen) atoms. The topological polar surface area (TPSA) is 63.6 Å². The monoisotopic (exact) mass is 202 g/mol. The first-order valence-electron chi connectivity index (χ1n) is 3.74. The Hall–Kier alpha value is -1.07. The summed E-state index contributed by atoms with van der Waals surface area (Å²) in [6.07, 6.45) is 0. The van der Waals surface area contributed by atoms with Gasteiger partial charge in [0.2, 0.25) is 0 Å². The molecule has 0 fully saturated rings. The van der Waals surface area contributed by atoms with Crippen LogP contribution in [0, 0.1) is 0 Å². The average Bonchev–Trinajstić information content (AvgIpc) is 2.04. The standard InChI is InChI=1S/C8H10O4S/c1-2-12-7-4-3-5-8(6-7)13(9,10)11/h3-6H,2H2,1H3,(H,9,10,11). The first-order chi connectivity index (χ1) is 6.04. The second kappa shape index (κ2) is 3.76. The summed E-state index contributed by atoms with van der Waals surface area (Å²) in [7, 11) is -4.12. The first-order valence-corrected chi connectivity index (χ1v) is 5.18. The number of benzene rings is 1. The smallest absolute Gasteiger partial charge is 0.294 e. The molecule has 0 aromatic heterocycles. The summed E-state index contributed by atoms with van der Waals surface area (Å²) in [5, 5.41) is 0. The van der Waals surface area contributed by atoms with Crippen LogP contribution in [0.15, 0.2) is 29.2 Å². The minimum atomic E-state index is -4.12. The van der Waals surface area contributed by atoms with Gasteiger partial charge in [0.1, 0.15) is 5.75 Å². The number of ether oxygens (including phenoxy) is 1. The number of hydrogen-bond donors (Lipinski definition) is 1. The van der Waals surface area contributed by atoms with Crippen molar-refractivity contribution in [1.82, 2.24) is 0 Å². The van der Waals surface area contributed by atoms with Gasteiger partial charge in [0.15, 0.2) is 0 Å². The van der Waals surface area contributed by atoms with E-state index in [1.165, 1.54) is 18.2 Å². The van der Waals surface area contributed by atoms with Crippen LogP contribution >= 0.6 is 0 Å². The van der Waals surface area contributed by atoms with Crippen LogP contribution in [0.2, 0.25) is 0 Å². The third-order valence-electron chi connectivity index (χ3n) is 1.41. The molecule has 5 heteroatoms. The molecule has 0 spiro atoms. The van der Waals surface area contributed by atoms with Crippen LogP contribution in [-0.4, -0.2) is 19.6 Å². The van der Waals surface area contributed by atoms with E-state index in [1.807, 2.05) is 0 Å². The third-order valence-corrected chi connectivity index (χ3v) is 2.26. The van der Waals surface area contributed by atoms with Crippen LogP contribution in [0.4, 0.5) is 0 Å². The molecule has 0 heterocycles. The summed E-state index contributed by atoms with van der Waals surface area (Å²) in [6.45, 7) is 2.25. The van der Waals surface area contributed by atoms with Gasteiger partial charge in [-0.1, -0.05) is 6.07 Å². The van der Waals surface area contributed by atoms with E-state index < -0.39 is 10.1 Å².